The van der Waals surface area contributed by atoms with Gasteiger partial charge in [-0.05, 0) is 0 Å². The molecule has 0 N–H and O–H groups in total. The van der Waals surface area contributed by atoms with Gasteiger partial charge in [0.1, 0.15) is 0 Å². The van der Waals surface area contributed by atoms with Crippen molar-refractivity contribution in [1.29, 1.82) is 0 Å². The Morgan fingerprint density at radius 3 is 0.737 bits per heavy atom. The van der Waals surface area contributed by atoms with E-state index >= 15 is 0 Å². The maximum atomic E-state index is 11.1. The zero-order valence-electron chi connectivity index (χ0n) is 8.40. The fourth-order valence-corrected chi connectivity index (χ4v) is 8.82. The van der Waals surface area contributed by atoms with Crippen LogP contribution in [0.4, 0.5) is 0 Å². The predicted octanol–water partition coefficient (Wildman–Crippen LogP) is -3.38. The van der Waals surface area contributed by atoms with Crippen LogP contribution in [-0.2, 0) is 51.3 Å². The Morgan fingerprint density at radius 2 is 0.579 bits per heavy atom. The quantitative estimate of drug-likeness (QED) is 0.319. The summed E-state index contributed by atoms with van der Waals surface area (Å²) in [5.41, 5.74) is 0. The molecule has 3 saturated heterocycles. The number of carbonyl (C=O) groups excluding carboxylic acids is 6. The molecule has 0 radical (unpaired) electrons. The van der Waals surface area contributed by atoms with Crippen molar-refractivity contribution < 1.29 is 51.3 Å². The van der Waals surface area contributed by atoms with Gasteiger partial charge in [0, 0.05) is 0 Å². The van der Waals surface area contributed by atoms with E-state index in [4.69, 9.17) is 0 Å². The summed E-state index contributed by atoms with van der Waals surface area (Å²) >= 11 is -7.81. The molecule has 0 atom stereocenters. The summed E-state index contributed by atoms with van der Waals surface area (Å²) in [5, 5.41) is 0. The Labute approximate surface area is 101 Å². The fourth-order valence-electron chi connectivity index (χ4n) is 1.70. The summed E-state index contributed by atoms with van der Waals surface area (Å²) in [6.45, 7) is 0. The molecule has 0 aromatic carbocycles. The van der Waals surface area contributed by atoms with Crippen molar-refractivity contribution in [3.63, 3.8) is 0 Å². The number of hydrogen-bond donors (Lipinski definition) is 0. The molecule has 13 heteroatoms. The SMILES string of the molecule is O=C1[O][Ge-2]23([O]C1=O)([O]C(=O)C(=O)[O]2)[O]C(=O)C(=O)[O]3. The first-order valence-electron chi connectivity index (χ1n) is 4.42. The molecule has 0 saturated carbocycles. The number of carbonyl (C=O) groups is 6. The van der Waals surface area contributed by atoms with Crippen LogP contribution in [0.3, 0.4) is 0 Å². The van der Waals surface area contributed by atoms with Gasteiger partial charge in [0.2, 0.25) is 0 Å². The minimum absolute atomic E-state index is 1.82. The molecule has 12 nitrogen and oxygen atoms in total. The third kappa shape index (κ3) is 1.04. The van der Waals surface area contributed by atoms with Crippen LogP contribution in [0.25, 0.3) is 0 Å². The molecule has 0 aromatic heterocycles. The molecule has 102 valence electrons. The van der Waals surface area contributed by atoms with Gasteiger partial charge in [0.25, 0.3) is 0 Å². The van der Waals surface area contributed by atoms with E-state index in [1.54, 1.807) is 0 Å². The molecule has 0 aliphatic carbocycles. The Morgan fingerprint density at radius 1 is 0.421 bits per heavy atom. The van der Waals surface area contributed by atoms with Crippen molar-refractivity contribution >= 4 is 48.9 Å². The fraction of sp³-hybridized carbons (Fsp3) is 0. The normalized spacial score (nSPS) is 32.2. The molecule has 1 spiro atoms. The van der Waals surface area contributed by atoms with E-state index in [0.29, 0.717) is 0 Å². The zero-order valence-corrected chi connectivity index (χ0v) is 10.5. The van der Waals surface area contributed by atoms with Crippen molar-refractivity contribution in [3.05, 3.63) is 0 Å². The van der Waals surface area contributed by atoms with Crippen LogP contribution in [0.1, 0.15) is 0 Å². The first-order chi connectivity index (χ1) is 8.65. The molecule has 3 rings (SSSR count). The summed E-state index contributed by atoms with van der Waals surface area (Å²) in [6, 6.07) is 0. The van der Waals surface area contributed by atoms with E-state index in [1.807, 2.05) is 0 Å². The van der Waals surface area contributed by atoms with Crippen LogP contribution in [0.2, 0.25) is 0 Å². The van der Waals surface area contributed by atoms with Gasteiger partial charge in [-0.15, -0.1) is 0 Å². The molecule has 0 amide bonds. The third-order valence-electron chi connectivity index (χ3n) is 2.31. The standard InChI is InChI=1S/C6GeO12/c8-1-2(9)15-7(14-1,16-3(10)4(11)17-7)18-5(12)6(13)19-7/q-2. The summed E-state index contributed by atoms with van der Waals surface area (Å²) in [5.74, 6) is -10.9. The van der Waals surface area contributed by atoms with Crippen LogP contribution in [0.5, 0.6) is 0 Å². The molecule has 3 heterocycles. The van der Waals surface area contributed by atoms with Gasteiger partial charge in [-0.1, -0.05) is 0 Å². The summed E-state index contributed by atoms with van der Waals surface area (Å²) in [7, 11) is 0. The zero-order chi connectivity index (χ0) is 14.1. The van der Waals surface area contributed by atoms with Crippen molar-refractivity contribution in [3.8, 4) is 0 Å². The molecule has 3 aliphatic rings. The van der Waals surface area contributed by atoms with Gasteiger partial charge in [0.05, 0.1) is 0 Å². The molecule has 0 bridgehead atoms. The number of hydrogen-bond acceptors (Lipinski definition) is 12. The van der Waals surface area contributed by atoms with E-state index < -0.39 is 48.9 Å². The second-order valence-corrected chi connectivity index (χ2v) is 11.4. The first kappa shape index (κ1) is 11.5. The van der Waals surface area contributed by atoms with Crippen LogP contribution in [-0.4, -0.2) is 48.9 Å². The van der Waals surface area contributed by atoms with Gasteiger partial charge >= 0.3 is 100 Å². The summed E-state index contributed by atoms with van der Waals surface area (Å²) in [6.07, 6.45) is 0. The van der Waals surface area contributed by atoms with Gasteiger partial charge in [-0.3, -0.25) is 0 Å². The molecule has 3 aliphatic heterocycles. The monoisotopic (exact) mass is 338 g/mol. The van der Waals surface area contributed by atoms with Crippen molar-refractivity contribution in [2.45, 2.75) is 0 Å². The first-order valence-corrected chi connectivity index (χ1v) is 9.56. The minimum atomic E-state index is -7.81. The van der Waals surface area contributed by atoms with Crippen LogP contribution in [0.15, 0.2) is 0 Å². The topological polar surface area (TPSA) is 158 Å². The van der Waals surface area contributed by atoms with E-state index in [0.717, 1.165) is 0 Å². The van der Waals surface area contributed by atoms with Crippen molar-refractivity contribution in [2.24, 2.45) is 0 Å². The Kier molecular flexibility index (Phi) is 1.44. The Balaban J connectivity index is 2.31. The van der Waals surface area contributed by atoms with E-state index in [1.165, 1.54) is 0 Å². The predicted molar refractivity (Wildman–Crippen MR) is 42.3 cm³/mol. The average molecular weight is 337 g/mol. The molecular weight excluding hydrogens is 337 g/mol. The summed E-state index contributed by atoms with van der Waals surface area (Å²) < 4.78 is 25.5. The second kappa shape index (κ2) is 2.40. The maximum absolute atomic E-state index is 11.1. The van der Waals surface area contributed by atoms with Gasteiger partial charge in [-0.2, -0.15) is 0 Å². The molecular formula is C6GeO12-2. The molecule has 3 fully saturated rings. The molecule has 0 unspecified atom stereocenters. The van der Waals surface area contributed by atoms with Crippen LogP contribution in [0, 0.1) is 0 Å². The van der Waals surface area contributed by atoms with E-state index in [2.05, 4.69) is 22.6 Å². The van der Waals surface area contributed by atoms with E-state index in [9.17, 15) is 28.8 Å². The van der Waals surface area contributed by atoms with Crippen molar-refractivity contribution in [1.82, 2.24) is 0 Å². The second-order valence-electron chi connectivity index (χ2n) is 3.59. The van der Waals surface area contributed by atoms with Gasteiger partial charge < -0.3 is 0 Å². The van der Waals surface area contributed by atoms with Crippen LogP contribution < -0.4 is 0 Å². The summed E-state index contributed by atoms with van der Waals surface area (Å²) in [4.78, 5) is 66.6. The van der Waals surface area contributed by atoms with Crippen LogP contribution >= 0.6 is 0 Å². The van der Waals surface area contributed by atoms with Gasteiger partial charge in [0.15, 0.2) is 0 Å². The molecule has 19 heavy (non-hydrogen) atoms. The Bertz CT molecular complexity index is 496. The third-order valence-corrected chi connectivity index (χ3v) is 9.89. The number of rotatable bonds is 0. The van der Waals surface area contributed by atoms with Crippen molar-refractivity contribution in [2.75, 3.05) is 0 Å². The Hall–Kier alpha value is -2.64. The van der Waals surface area contributed by atoms with Gasteiger partial charge in [-0.25, -0.2) is 0 Å². The average Bonchev–Trinajstić information content (AvgIpc) is 2.69. The molecule has 0 aromatic rings. The van der Waals surface area contributed by atoms with E-state index in [-0.39, 0.29) is 0 Å².